The number of fused-ring (bicyclic) bond motifs is 2. The van der Waals surface area contributed by atoms with Gasteiger partial charge in [0.25, 0.3) is 0 Å². The molecule has 20 heavy (non-hydrogen) atoms. The summed E-state index contributed by atoms with van der Waals surface area (Å²) in [5, 5.41) is 4.53. The minimum absolute atomic E-state index is 0.125. The summed E-state index contributed by atoms with van der Waals surface area (Å²) < 4.78 is 14.3. The lowest BCUT2D eigenvalue weighted by Crippen LogP contribution is -2.30. The predicted molar refractivity (Wildman–Crippen MR) is 79.6 cm³/mol. The molecule has 2 aromatic carbocycles. The molecular formula is C16H13FN2S. The first-order chi connectivity index (χ1) is 9.81. The summed E-state index contributed by atoms with van der Waals surface area (Å²) in [5.74, 6) is -0.230. The Bertz CT molecular complexity index is 781. The number of thiazole rings is 1. The summed E-state index contributed by atoms with van der Waals surface area (Å²) in [6, 6.07) is 13.4. The minimum atomic E-state index is -0.230. The monoisotopic (exact) mass is 284 g/mol. The van der Waals surface area contributed by atoms with Crippen LogP contribution in [0.3, 0.4) is 0 Å². The van der Waals surface area contributed by atoms with Crippen LogP contribution in [0.1, 0.15) is 22.2 Å². The fourth-order valence-electron chi connectivity index (χ4n) is 2.77. The molecule has 3 aromatic rings. The number of nitrogens with one attached hydrogen (secondary N) is 1. The Morgan fingerprint density at radius 1 is 1.20 bits per heavy atom. The van der Waals surface area contributed by atoms with E-state index >= 15 is 0 Å². The van der Waals surface area contributed by atoms with Crippen LogP contribution in [0.2, 0.25) is 0 Å². The first kappa shape index (κ1) is 12.0. The average molecular weight is 284 g/mol. The summed E-state index contributed by atoms with van der Waals surface area (Å²) >= 11 is 1.64. The molecule has 0 bridgehead atoms. The van der Waals surface area contributed by atoms with Crippen LogP contribution in [-0.4, -0.2) is 11.5 Å². The van der Waals surface area contributed by atoms with Gasteiger partial charge in [0.15, 0.2) is 0 Å². The van der Waals surface area contributed by atoms with Crippen molar-refractivity contribution >= 4 is 21.6 Å². The Morgan fingerprint density at radius 2 is 2.10 bits per heavy atom. The third-order valence-corrected chi connectivity index (χ3v) is 4.82. The predicted octanol–water partition coefficient (Wildman–Crippen LogP) is 3.67. The summed E-state index contributed by atoms with van der Waals surface area (Å²) in [6.45, 7) is 0.950. The van der Waals surface area contributed by atoms with Crippen molar-refractivity contribution < 1.29 is 4.39 Å². The molecule has 1 aromatic heterocycles. The van der Waals surface area contributed by atoms with E-state index in [1.807, 2.05) is 0 Å². The fraction of sp³-hybridized carbons (Fsp3) is 0.188. The highest BCUT2D eigenvalue weighted by molar-refractivity contribution is 7.18. The third kappa shape index (κ3) is 1.92. The summed E-state index contributed by atoms with van der Waals surface area (Å²) in [5.41, 5.74) is 3.41. The van der Waals surface area contributed by atoms with Crippen LogP contribution in [0.4, 0.5) is 4.39 Å². The van der Waals surface area contributed by atoms with Crippen molar-refractivity contribution in [1.29, 1.82) is 0 Å². The first-order valence-electron chi connectivity index (χ1n) is 6.68. The van der Waals surface area contributed by atoms with Crippen LogP contribution < -0.4 is 5.32 Å². The Morgan fingerprint density at radius 3 is 3.05 bits per heavy atom. The molecule has 0 saturated carbocycles. The van der Waals surface area contributed by atoms with Crippen LogP contribution in [0.15, 0.2) is 42.5 Å². The van der Waals surface area contributed by atoms with Crippen LogP contribution in [-0.2, 0) is 6.42 Å². The Labute approximate surface area is 120 Å². The zero-order chi connectivity index (χ0) is 13.5. The van der Waals surface area contributed by atoms with Gasteiger partial charge in [-0.1, -0.05) is 24.3 Å². The lowest BCUT2D eigenvalue weighted by Gasteiger charge is -2.25. The Balaban J connectivity index is 1.84. The van der Waals surface area contributed by atoms with E-state index in [4.69, 9.17) is 0 Å². The molecule has 100 valence electrons. The molecule has 0 amide bonds. The smallest absolute Gasteiger partial charge is 0.125 e. The Hall–Kier alpha value is -1.78. The van der Waals surface area contributed by atoms with Crippen molar-refractivity contribution in [3.8, 4) is 0 Å². The van der Waals surface area contributed by atoms with E-state index in [0.29, 0.717) is 0 Å². The molecule has 1 aliphatic heterocycles. The van der Waals surface area contributed by atoms with Crippen LogP contribution in [0.5, 0.6) is 0 Å². The van der Waals surface area contributed by atoms with Crippen LogP contribution in [0.25, 0.3) is 10.2 Å². The highest BCUT2D eigenvalue weighted by atomic mass is 32.1. The van der Waals surface area contributed by atoms with E-state index in [1.165, 1.54) is 23.3 Å². The fourth-order valence-corrected chi connectivity index (χ4v) is 3.81. The van der Waals surface area contributed by atoms with Crippen molar-refractivity contribution in [2.75, 3.05) is 6.54 Å². The molecular weight excluding hydrogens is 271 g/mol. The van der Waals surface area contributed by atoms with E-state index < -0.39 is 0 Å². The first-order valence-corrected chi connectivity index (χ1v) is 7.50. The van der Waals surface area contributed by atoms with Gasteiger partial charge in [0, 0.05) is 12.6 Å². The van der Waals surface area contributed by atoms with Crippen molar-refractivity contribution in [1.82, 2.24) is 10.3 Å². The summed E-state index contributed by atoms with van der Waals surface area (Å²) in [7, 11) is 0. The lowest BCUT2D eigenvalue weighted by atomic mass is 9.95. The van der Waals surface area contributed by atoms with Gasteiger partial charge in [-0.2, -0.15) is 0 Å². The number of hydrogen-bond acceptors (Lipinski definition) is 3. The van der Waals surface area contributed by atoms with Crippen molar-refractivity contribution in [3.05, 3.63) is 64.4 Å². The maximum atomic E-state index is 13.3. The highest BCUT2D eigenvalue weighted by Crippen LogP contribution is 2.33. The molecule has 1 aliphatic rings. The third-order valence-electron chi connectivity index (χ3n) is 3.72. The van der Waals surface area contributed by atoms with E-state index in [2.05, 4.69) is 34.6 Å². The molecule has 2 nitrogen and oxygen atoms in total. The highest BCUT2D eigenvalue weighted by Gasteiger charge is 2.23. The van der Waals surface area contributed by atoms with Crippen molar-refractivity contribution in [2.24, 2.45) is 0 Å². The minimum Gasteiger partial charge on any atom is -0.304 e. The zero-order valence-electron chi connectivity index (χ0n) is 10.8. The maximum Gasteiger partial charge on any atom is 0.125 e. The average Bonchev–Trinajstić information content (AvgIpc) is 2.89. The molecule has 4 rings (SSSR count). The van der Waals surface area contributed by atoms with Crippen molar-refractivity contribution in [2.45, 2.75) is 12.5 Å². The number of aromatic nitrogens is 1. The topological polar surface area (TPSA) is 24.9 Å². The number of nitrogens with zero attached hydrogens (tertiary/aromatic N) is 1. The van der Waals surface area contributed by atoms with Gasteiger partial charge in [-0.25, -0.2) is 9.37 Å². The number of halogens is 1. The van der Waals surface area contributed by atoms with E-state index in [0.717, 1.165) is 28.2 Å². The molecule has 0 radical (unpaired) electrons. The second kappa shape index (κ2) is 4.65. The number of benzene rings is 2. The van der Waals surface area contributed by atoms with Gasteiger partial charge in [0.1, 0.15) is 10.8 Å². The normalized spacial score (nSPS) is 18.1. The molecule has 2 heterocycles. The standard InChI is InChI=1S/C16H13FN2S/c17-11-5-6-14-13(9-11)19-16(20-14)15-12-4-2-1-3-10(12)7-8-18-15/h1-6,9,15,18H,7-8H2. The van der Waals surface area contributed by atoms with E-state index in [9.17, 15) is 4.39 Å². The van der Waals surface area contributed by atoms with Gasteiger partial charge in [-0.05, 0) is 29.7 Å². The SMILES string of the molecule is Fc1ccc2sc(C3NCCc4ccccc43)nc2c1. The van der Waals surface area contributed by atoms with Gasteiger partial charge >= 0.3 is 0 Å². The Kier molecular flexibility index (Phi) is 2.79. The largest absolute Gasteiger partial charge is 0.304 e. The maximum absolute atomic E-state index is 13.3. The van der Waals surface area contributed by atoms with Gasteiger partial charge in [0.2, 0.25) is 0 Å². The van der Waals surface area contributed by atoms with Gasteiger partial charge in [-0.15, -0.1) is 11.3 Å². The molecule has 1 atom stereocenters. The second-order valence-electron chi connectivity index (χ2n) is 5.00. The van der Waals surface area contributed by atoms with Crippen LogP contribution in [0, 0.1) is 5.82 Å². The zero-order valence-corrected chi connectivity index (χ0v) is 11.6. The summed E-state index contributed by atoms with van der Waals surface area (Å²) in [4.78, 5) is 4.61. The molecule has 4 heteroatoms. The molecule has 0 spiro atoms. The lowest BCUT2D eigenvalue weighted by molar-refractivity contribution is 0.566. The second-order valence-corrected chi connectivity index (χ2v) is 6.06. The molecule has 0 aliphatic carbocycles. The van der Waals surface area contributed by atoms with Gasteiger partial charge < -0.3 is 5.32 Å². The van der Waals surface area contributed by atoms with Crippen LogP contribution >= 0.6 is 11.3 Å². The number of hydrogen-bond donors (Lipinski definition) is 1. The van der Waals surface area contributed by atoms with Gasteiger partial charge in [-0.3, -0.25) is 0 Å². The summed E-state index contributed by atoms with van der Waals surface area (Å²) in [6.07, 6.45) is 1.05. The number of rotatable bonds is 1. The van der Waals surface area contributed by atoms with Crippen molar-refractivity contribution in [3.63, 3.8) is 0 Å². The van der Waals surface area contributed by atoms with E-state index in [1.54, 1.807) is 17.4 Å². The molecule has 0 fully saturated rings. The molecule has 0 saturated heterocycles. The molecule has 1 unspecified atom stereocenters. The van der Waals surface area contributed by atoms with E-state index in [-0.39, 0.29) is 11.9 Å². The quantitative estimate of drug-likeness (QED) is 0.737. The molecule has 1 N–H and O–H groups in total. The van der Waals surface area contributed by atoms with Gasteiger partial charge in [0.05, 0.1) is 16.3 Å².